The van der Waals surface area contributed by atoms with Crippen molar-refractivity contribution < 1.29 is 13.3 Å². The van der Waals surface area contributed by atoms with Gasteiger partial charge in [0, 0.05) is 11.8 Å². The van der Waals surface area contributed by atoms with E-state index in [9.17, 15) is 13.3 Å². The third kappa shape index (κ3) is 3.67. The first-order valence-electron chi connectivity index (χ1n) is 6.22. The summed E-state index contributed by atoms with van der Waals surface area (Å²) in [4.78, 5) is 5.62. The Balaban J connectivity index is 1.97. The Morgan fingerprint density at radius 3 is 2.50 bits per heavy atom. The molecule has 2 heterocycles. The molecule has 20 heavy (non-hydrogen) atoms. The molecule has 0 bridgehead atoms. The fourth-order valence-electron chi connectivity index (χ4n) is 1.60. The molecule has 1 aliphatic heterocycles. The molecule has 4 nitrogen and oxygen atoms in total. The molecule has 7 heteroatoms. The average molecular weight is 301 g/mol. The standard InChI is InChI=1S/C13H17F2N3OS/c1-12(2,3)20(19)17-7-10-4-5-11(16-6-10)18-8-13(14,15)9-18/h4-7H,8-9H2,1-3H3. The van der Waals surface area contributed by atoms with Crippen LogP contribution in [0.5, 0.6) is 0 Å². The number of alkyl halides is 2. The van der Waals surface area contributed by atoms with Crippen LogP contribution in [0.3, 0.4) is 0 Å². The summed E-state index contributed by atoms with van der Waals surface area (Å²) in [6.45, 7) is 4.94. The molecule has 0 N–H and O–H groups in total. The van der Waals surface area contributed by atoms with Gasteiger partial charge in [0.25, 0.3) is 5.92 Å². The van der Waals surface area contributed by atoms with Crippen molar-refractivity contribution in [1.82, 2.24) is 4.98 Å². The van der Waals surface area contributed by atoms with Gasteiger partial charge in [0.1, 0.15) is 21.9 Å². The molecular weight excluding hydrogens is 284 g/mol. The molecule has 1 unspecified atom stereocenters. The molecule has 1 fully saturated rings. The van der Waals surface area contributed by atoms with Crippen LogP contribution in [0.2, 0.25) is 0 Å². The minimum atomic E-state index is -2.61. The highest BCUT2D eigenvalue weighted by Crippen LogP contribution is 2.30. The van der Waals surface area contributed by atoms with Gasteiger partial charge in [-0.05, 0) is 32.9 Å². The molecule has 0 aromatic carbocycles. The molecule has 0 radical (unpaired) electrons. The van der Waals surface area contributed by atoms with Crippen LogP contribution in [-0.4, -0.2) is 39.5 Å². The smallest absolute Gasteiger partial charge is 0.282 e. The zero-order valence-electron chi connectivity index (χ0n) is 11.6. The predicted octanol–water partition coefficient (Wildman–Crippen LogP) is 2.42. The van der Waals surface area contributed by atoms with E-state index in [1.807, 2.05) is 20.8 Å². The first-order valence-corrected chi connectivity index (χ1v) is 7.33. The Morgan fingerprint density at radius 2 is 2.05 bits per heavy atom. The normalized spacial score (nSPS) is 20.0. The van der Waals surface area contributed by atoms with E-state index in [0.717, 1.165) is 0 Å². The van der Waals surface area contributed by atoms with E-state index in [4.69, 9.17) is 0 Å². The van der Waals surface area contributed by atoms with Crippen molar-refractivity contribution in [2.45, 2.75) is 31.4 Å². The van der Waals surface area contributed by atoms with E-state index < -0.39 is 22.0 Å². The lowest BCUT2D eigenvalue weighted by Gasteiger charge is -2.39. The number of halogens is 2. The summed E-state index contributed by atoms with van der Waals surface area (Å²) in [5, 5.41) is 0. The Hall–Kier alpha value is -1.21. The van der Waals surface area contributed by atoms with E-state index in [2.05, 4.69) is 9.38 Å². The second kappa shape index (κ2) is 5.29. The van der Waals surface area contributed by atoms with Gasteiger partial charge in [-0.15, -0.1) is 0 Å². The topological polar surface area (TPSA) is 51.6 Å². The maximum absolute atomic E-state index is 12.8. The molecule has 1 aliphatic rings. The SMILES string of the molecule is CC(C)(C)[S+]([O-])N=Cc1ccc(N2CC(F)(F)C2)nc1. The summed E-state index contributed by atoms with van der Waals surface area (Å²) >= 11 is -1.32. The van der Waals surface area contributed by atoms with Crippen molar-refractivity contribution in [3.05, 3.63) is 23.9 Å². The molecule has 1 aromatic rings. The molecule has 1 atom stereocenters. The maximum atomic E-state index is 12.8. The summed E-state index contributed by atoms with van der Waals surface area (Å²) in [5.41, 5.74) is 0.693. The lowest BCUT2D eigenvalue weighted by molar-refractivity contribution is -0.0267. The number of rotatable bonds is 3. The molecule has 0 amide bonds. The van der Waals surface area contributed by atoms with Crippen LogP contribution in [0, 0.1) is 0 Å². The summed E-state index contributed by atoms with van der Waals surface area (Å²) in [7, 11) is 0. The Morgan fingerprint density at radius 1 is 1.40 bits per heavy atom. The molecule has 2 rings (SSSR count). The van der Waals surface area contributed by atoms with Crippen molar-refractivity contribution in [3.63, 3.8) is 0 Å². The molecule has 0 spiro atoms. The second-order valence-corrected chi connectivity index (χ2v) is 7.69. The van der Waals surface area contributed by atoms with Crippen molar-refractivity contribution in [2.24, 2.45) is 4.40 Å². The number of pyridine rings is 1. The van der Waals surface area contributed by atoms with E-state index in [0.29, 0.717) is 11.4 Å². The molecular formula is C13H17F2N3OS. The zero-order chi connectivity index (χ0) is 15.0. The first kappa shape index (κ1) is 15.2. The van der Waals surface area contributed by atoms with Gasteiger partial charge in [0.05, 0.1) is 19.3 Å². The average Bonchev–Trinajstić information content (AvgIpc) is 2.32. The number of nitrogens with zero attached hydrogens (tertiary/aromatic N) is 3. The van der Waals surface area contributed by atoms with Gasteiger partial charge in [-0.2, -0.15) is 0 Å². The van der Waals surface area contributed by atoms with E-state index in [1.54, 1.807) is 12.1 Å². The van der Waals surface area contributed by atoms with E-state index >= 15 is 0 Å². The highest BCUT2D eigenvalue weighted by molar-refractivity contribution is 7.91. The fraction of sp³-hybridized carbons (Fsp3) is 0.538. The van der Waals surface area contributed by atoms with Crippen LogP contribution in [0.4, 0.5) is 14.6 Å². The Kier molecular flexibility index (Phi) is 4.02. The largest absolute Gasteiger partial charge is 0.591 e. The van der Waals surface area contributed by atoms with Crippen LogP contribution in [-0.2, 0) is 11.4 Å². The third-order valence-electron chi connectivity index (χ3n) is 2.76. The lowest BCUT2D eigenvalue weighted by atomic mass is 10.1. The van der Waals surface area contributed by atoms with Gasteiger partial charge >= 0.3 is 0 Å². The van der Waals surface area contributed by atoms with Crippen LogP contribution in [0.15, 0.2) is 22.7 Å². The minimum Gasteiger partial charge on any atom is -0.591 e. The summed E-state index contributed by atoms with van der Waals surface area (Å²) < 4.78 is 40.8. The van der Waals surface area contributed by atoms with Gasteiger partial charge in [0.2, 0.25) is 0 Å². The van der Waals surface area contributed by atoms with Crippen molar-refractivity contribution in [1.29, 1.82) is 0 Å². The fourth-order valence-corrected chi connectivity index (χ4v) is 2.14. The highest BCUT2D eigenvalue weighted by atomic mass is 32.2. The zero-order valence-corrected chi connectivity index (χ0v) is 12.5. The highest BCUT2D eigenvalue weighted by Gasteiger charge is 2.44. The monoisotopic (exact) mass is 301 g/mol. The van der Waals surface area contributed by atoms with Gasteiger partial charge in [-0.3, -0.25) is 0 Å². The van der Waals surface area contributed by atoms with Crippen LogP contribution < -0.4 is 4.90 Å². The van der Waals surface area contributed by atoms with Crippen LogP contribution >= 0.6 is 0 Å². The van der Waals surface area contributed by atoms with Gasteiger partial charge < -0.3 is 9.45 Å². The molecule has 0 aliphatic carbocycles. The molecule has 0 saturated carbocycles. The van der Waals surface area contributed by atoms with Crippen LogP contribution in [0.1, 0.15) is 26.3 Å². The van der Waals surface area contributed by atoms with Crippen molar-refractivity contribution in [2.75, 3.05) is 18.0 Å². The van der Waals surface area contributed by atoms with Gasteiger partial charge in [-0.25, -0.2) is 13.8 Å². The summed E-state index contributed by atoms with van der Waals surface area (Å²) in [6, 6.07) is 3.39. The maximum Gasteiger partial charge on any atom is 0.282 e. The minimum absolute atomic E-state index is 0.290. The second-order valence-electron chi connectivity index (χ2n) is 5.76. The molecule has 1 saturated heterocycles. The Bertz CT molecular complexity index is 491. The number of anilines is 1. The third-order valence-corrected chi connectivity index (χ3v) is 4.11. The lowest BCUT2D eigenvalue weighted by Crippen LogP contribution is -2.56. The summed E-state index contributed by atoms with van der Waals surface area (Å²) in [6.07, 6.45) is 3.03. The quantitative estimate of drug-likeness (QED) is 0.636. The van der Waals surface area contributed by atoms with E-state index in [-0.39, 0.29) is 13.1 Å². The van der Waals surface area contributed by atoms with Gasteiger partial charge in [-0.1, -0.05) is 4.40 Å². The van der Waals surface area contributed by atoms with Crippen molar-refractivity contribution >= 4 is 23.4 Å². The van der Waals surface area contributed by atoms with Crippen LogP contribution in [0.25, 0.3) is 0 Å². The number of aromatic nitrogens is 1. The molecule has 110 valence electrons. The molecule has 1 aromatic heterocycles. The summed E-state index contributed by atoms with van der Waals surface area (Å²) in [5.74, 6) is -2.09. The number of hydrogen-bond acceptors (Lipinski definition) is 4. The Labute approximate surface area is 120 Å². The predicted molar refractivity (Wildman–Crippen MR) is 76.9 cm³/mol. The number of hydrogen-bond donors (Lipinski definition) is 0. The van der Waals surface area contributed by atoms with E-state index in [1.165, 1.54) is 17.3 Å². The van der Waals surface area contributed by atoms with Crippen molar-refractivity contribution in [3.8, 4) is 0 Å². The first-order chi connectivity index (χ1) is 9.17. The van der Waals surface area contributed by atoms with Gasteiger partial charge in [0.15, 0.2) is 0 Å².